The van der Waals surface area contributed by atoms with Crippen LogP contribution in [0.4, 0.5) is 8.78 Å². The highest BCUT2D eigenvalue weighted by Crippen LogP contribution is 2.34. The van der Waals surface area contributed by atoms with Crippen molar-refractivity contribution in [2.24, 2.45) is 5.10 Å². The maximum Gasteiger partial charge on any atom is 0.335 e. The van der Waals surface area contributed by atoms with Gasteiger partial charge in [0.05, 0.1) is 25.9 Å². The minimum atomic E-state index is -3.40. The van der Waals surface area contributed by atoms with Crippen LogP contribution in [0.2, 0.25) is 0 Å². The maximum atomic E-state index is 14.8. The third-order valence-electron chi connectivity index (χ3n) is 4.28. The molecule has 0 spiro atoms. The Morgan fingerprint density at radius 1 is 1.29 bits per heavy atom. The van der Waals surface area contributed by atoms with Crippen molar-refractivity contribution in [3.8, 4) is 5.75 Å². The minimum absolute atomic E-state index is 0.149. The molecular formula is C19H20F2N6O. The highest BCUT2D eigenvalue weighted by atomic mass is 19.3. The average Bonchev–Trinajstić information content (AvgIpc) is 3.24. The van der Waals surface area contributed by atoms with Crippen LogP contribution in [0.5, 0.6) is 5.75 Å². The minimum Gasteiger partial charge on any atom is -0.496 e. The molecule has 28 heavy (non-hydrogen) atoms. The molecule has 1 aliphatic heterocycles. The first-order chi connectivity index (χ1) is 13.4. The van der Waals surface area contributed by atoms with Crippen molar-refractivity contribution in [2.75, 3.05) is 13.7 Å². The predicted molar refractivity (Wildman–Crippen MR) is 101 cm³/mol. The third kappa shape index (κ3) is 4.13. The van der Waals surface area contributed by atoms with E-state index in [1.54, 1.807) is 19.0 Å². The van der Waals surface area contributed by atoms with Crippen molar-refractivity contribution in [3.63, 3.8) is 0 Å². The molecule has 0 fully saturated rings. The summed E-state index contributed by atoms with van der Waals surface area (Å²) in [5.41, 5.74) is 1.79. The molecule has 7 nitrogen and oxygen atoms in total. The highest BCUT2D eigenvalue weighted by Gasteiger charge is 2.40. The number of hydrogen-bond acceptors (Lipinski definition) is 6. The predicted octanol–water partition coefficient (Wildman–Crippen LogP) is 3.23. The number of aromatic amines is 1. The van der Waals surface area contributed by atoms with E-state index in [0.29, 0.717) is 23.6 Å². The number of ether oxygens (including phenoxy) is 1. The van der Waals surface area contributed by atoms with E-state index in [2.05, 4.69) is 32.3 Å². The number of hydrazone groups is 1. The Labute approximate surface area is 161 Å². The zero-order valence-corrected chi connectivity index (χ0v) is 15.6. The summed E-state index contributed by atoms with van der Waals surface area (Å²) in [6.45, 7) is 6.21. The lowest BCUT2D eigenvalue weighted by Crippen LogP contribution is -2.22. The topological polar surface area (TPSA) is 79.3 Å². The number of hydrogen-bond donors (Lipinski definition) is 1. The molecule has 0 radical (unpaired) electrons. The first-order valence-corrected chi connectivity index (χ1v) is 8.53. The van der Waals surface area contributed by atoms with Crippen molar-refractivity contribution in [2.45, 2.75) is 19.4 Å². The Morgan fingerprint density at radius 2 is 2.07 bits per heavy atom. The fourth-order valence-electron chi connectivity index (χ4n) is 2.69. The van der Waals surface area contributed by atoms with E-state index in [1.807, 2.05) is 24.3 Å². The molecule has 0 saturated heterocycles. The fourth-order valence-corrected chi connectivity index (χ4v) is 2.69. The molecule has 0 unspecified atom stereocenters. The Morgan fingerprint density at radius 3 is 2.79 bits per heavy atom. The normalized spacial score (nSPS) is 18.4. The Balaban J connectivity index is 1.94. The number of halogens is 2. The molecule has 1 aromatic carbocycles. The summed E-state index contributed by atoms with van der Waals surface area (Å²) >= 11 is 0. The molecular weight excluding hydrogens is 366 g/mol. The fraction of sp³-hybridized carbons (Fsp3) is 0.263. The third-order valence-corrected chi connectivity index (χ3v) is 4.28. The van der Waals surface area contributed by atoms with Gasteiger partial charge in [0.2, 0.25) is 5.82 Å². The Kier molecular flexibility index (Phi) is 5.62. The first-order valence-electron chi connectivity index (χ1n) is 8.53. The molecule has 9 heteroatoms. The molecule has 146 valence electrons. The molecule has 1 aromatic heterocycles. The van der Waals surface area contributed by atoms with Crippen molar-refractivity contribution in [3.05, 3.63) is 71.6 Å². The van der Waals surface area contributed by atoms with Gasteiger partial charge in [-0.05, 0) is 23.8 Å². The van der Waals surface area contributed by atoms with Crippen LogP contribution >= 0.6 is 0 Å². The number of para-hydroxylation sites is 1. The largest absolute Gasteiger partial charge is 0.496 e. The van der Waals surface area contributed by atoms with Crippen molar-refractivity contribution >= 4 is 5.71 Å². The van der Waals surface area contributed by atoms with Gasteiger partial charge in [0.1, 0.15) is 5.75 Å². The van der Waals surface area contributed by atoms with Gasteiger partial charge < -0.3 is 4.74 Å². The summed E-state index contributed by atoms with van der Waals surface area (Å²) < 4.78 is 35.0. The number of nitrogens with one attached hydrogen (secondary N) is 1. The van der Waals surface area contributed by atoms with E-state index in [-0.39, 0.29) is 12.1 Å². The van der Waals surface area contributed by atoms with Gasteiger partial charge in [-0.25, -0.2) is 0 Å². The van der Waals surface area contributed by atoms with E-state index < -0.39 is 11.7 Å². The van der Waals surface area contributed by atoms with Crippen molar-refractivity contribution < 1.29 is 13.5 Å². The van der Waals surface area contributed by atoms with E-state index in [0.717, 1.165) is 5.56 Å². The van der Waals surface area contributed by atoms with Crippen LogP contribution in [0.15, 0.2) is 65.3 Å². The van der Waals surface area contributed by atoms with Gasteiger partial charge in [-0.15, -0.1) is 10.2 Å². The number of rotatable bonds is 5. The SMILES string of the molecule is C=C1/C=C\C(C(F)(F)c2nn[nH]n2)=C/CN(Cc2ccccc2OC)N=C1C. The number of H-pyrrole nitrogens is 1. The number of benzene rings is 1. The van der Waals surface area contributed by atoms with Gasteiger partial charge in [0.15, 0.2) is 0 Å². The van der Waals surface area contributed by atoms with Crippen molar-refractivity contribution in [1.82, 2.24) is 25.6 Å². The number of methoxy groups -OCH3 is 1. The zero-order chi connectivity index (χ0) is 20.1. The number of allylic oxidation sites excluding steroid dienone is 4. The van der Waals surface area contributed by atoms with Crippen LogP contribution in [0, 0.1) is 0 Å². The summed E-state index contributed by atoms with van der Waals surface area (Å²) in [6.07, 6.45) is 4.22. The second-order valence-electron chi connectivity index (χ2n) is 6.17. The molecule has 3 rings (SSSR count). The number of nitrogens with zero attached hydrogens (tertiary/aromatic N) is 5. The maximum absolute atomic E-state index is 14.8. The summed E-state index contributed by atoms with van der Waals surface area (Å²) in [4.78, 5) is 0. The van der Waals surface area contributed by atoms with E-state index >= 15 is 0 Å². The highest BCUT2D eigenvalue weighted by molar-refractivity contribution is 6.00. The second-order valence-corrected chi connectivity index (χ2v) is 6.17. The van der Waals surface area contributed by atoms with Gasteiger partial charge in [-0.3, -0.25) is 5.01 Å². The summed E-state index contributed by atoms with van der Waals surface area (Å²) in [5, 5.41) is 18.4. The van der Waals surface area contributed by atoms with Crippen LogP contribution in [-0.4, -0.2) is 45.0 Å². The Hall–Kier alpha value is -3.36. The first kappa shape index (κ1) is 19.4. The lowest BCUT2D eigenvalue weighted by atomic mass is 10.1. The number of aromatic nitrogens is 4. The molecule has 0 amide bonds. The smallest absolute Gasteiger partial charge is 0.335 e. The quantitative estimate of drug-likeness (QED) is 0.854. The summed E-state index contributed by atoms with van der Waals surface area (Å²) in [5.74, 6) is -3.39. The molecule has 1 aliphatic rings. The van der Waals surface area contributed by atoms with E-state index in [4.69, 9.17) is 4.74 Å². The molecule has 2 heterocycles. The molecule has 0 bridgehead atoms. The number of tetrazole rings is 1. The number of alkyl halides is 2. The van der Waals surface area contributed by atoms with Gasteiger partial charge in [-0.1, -0.05) is 43.0 Å². The lowest BCUT2D eigenvalue weighted by molar-refractivity contribution is 0.0314. The lowest BCUT2D eigenvalue weighted by Gasteiger charge is -2.21. The molecule has 1 N–H and O–H groups in total. The van der Waals surface area contributed by atoms with Gasteiger partial charge in [-0.2, -0.15) is 19.1 Å². The van der Waals surface area contributed by atoms with Crippen LogP contribution in [0.3, 0.4) is 0 Å². The van der Waals surface area contributed by atoms with Gasteiger partial charge >= 0.3 is 5.92 Å². The van der Waals surface area contributed by atoms with Gasteiger partial charge in [0, 0.05) is 11.1 Å². The van der Waals surface area contributed by atoms with Crippen LogP contribution in [0.1, 0.15) is 18.3 Å². The Bertz CT molecular complexity index is 934. The molecule has 0 atom stereocenters. The molecule has 0 saturated carbocycles. The summed E-state index contributed by atoms with van der Waals surface area (Å²) in [7, 11) is 1.58. The van der Waals surface area contributed by atoms with E-state index in [1.165, 1.54) is 18.2 Å². The molecule has 2 aromatic rings. The van der Waals surface area contributed by atoms with Crippen molar-refractivity contribution in [1.29, 1.82) is 0 Å². The summed E-state index contributed by atoms with van der Waals surface area (Å²) in [6, 6.07) is 7.50. The van der Waals surface area contributed by atoms with Crippen LogP contribution in [-0.2, 0) is 12.5 Å². The van der Waals surface area contributed by atoms with E-state index in [9.17, 15) is 8.78 Å². The zero-order valence-electron chi connectivity index (χ0n) is 15.6. The molecule has 0 aliphatic carbocycles. The van der Waals surface area contributed by atoms with Gasteiger partial charge in [0.25, 0.3) is 0 Å². The standard InChI is InChI=1S/C19H20F2N6O/c1-13-8-9-16(19(20,21)18-22-25-26-23-18)10-11-27(24-14(13)2)12-15-6-4-5-7-17(15)28-3/h4-10H,1,11-12H2,2-3H3,(H,22,23,25,26)/b9-8-,16-10+,24-14?. The second kappa shape index (κ2) is 8.12. The average molecular weight is 386 g/mol. The monoisotopic (exact) mass is 386 g/mol. The van der Waals surface area contributed by atoms with Crippen LogP contribution in [0.25, 0.3) is 0 Å². The van der Waals surface area contributed by atoms with Crippen LogP contribution < -0.4 is 4.74 Å².